The van der Waals surface area contributed by atoms with E-state index in [1.54, 1.807) is 0 Å². The van der Waals surface area contributed by atoms with Crippen LogP contribution in [0.15, 0.2) is 17.7 Å². The van der Waals surface area contributed by atoms with Gasteiger partial charge in [0.1, 0.15) is 0 Å². The number of aryl methyl sites for hydroxylation is 1. The van der Waals surface area contributed by atoms with E-state index in [1.165, 1.54) is 11.1 Å². The minimum Gasteiger partial charge on any atom is -0.282 e. The lowest BCUT2D eigenvalue weighted by Gasteiger charge is -1.90. The molecule has 0 spiro atoms. The highest BCUT2D eigenvalue weighted by Gasteiger charge is 2.00. The van der Waals surface area contributed by atoms with Gasteiger partial charge in [-0.25, -0.2) is 0 Å². The summed E-state index contributed by atoms with van der Waals surface area (Å²) in [6.45, 7) is 8.21. The van der Waals surface area contributed by atoms with E-state index in [0.29, 0.717) is 0 Å². The molecule has 0 unspecified atom stereocenters. The summed E-state index contributed by atoms with van der Waals surface area (Å²) >= 11 is 0. The van der Waals surface area contributed by atoms with Gasteiger partial charge < -0.3 is 0 Å². The molecule has 2 nitrogen and oxygen atoms in total. The average molecular weight is 176 g/mol. The third-order valence-corrected chi connectivity index (χ3v) is 2.25. The van der Waals surface area contributed by atoms with Crippen LogP contribution in [0.1, 0.15) is 30.8 Å². The normalized spacial score (nSPS) is 12.8. The highest BCUT2D eigenvalue weighted by atomic mass is 15.1. The highest BCUT2D eigenvalue weighted by Crippen LogP contribution is 2.10. The maximum Gasteiger partial charge on any atom is 0.0880 e. The van der Waals surface area contributed by atoms with Crippen molar-refractivity contribution in [3.8, 4) is 0 Å². The van der Waals surface area contributed by atoms with Crippen molar-refractivity contribution in [3.63, 3.8) is 0 Å². The molecule has 0 atom stereocenters. The van der Waals surface area contributed by atoms with E-state index in [-0.39, 0.29) is 0 Å². The van der Waals surface area contributed by atoms with Crippen LogP contribution in [0.25, 0.3) is 6.08 Å². The van der Waals surface area contributed by atoms with E-state index in [0.717, 1.165) is 11.4 Å². The molecule has 13 heavy (non-hydrogen) atoms. The fourth-order valence-electron chi connectivity index (χ4n) is 0.973. The largest absolute Gasteiger partial charge is 0.282 e. The van der Waals surface area contributed by atoms with E-state index in [1.807, 2.05) is 19.9 Å². The first kappa shape index (κ1) is 9.78. The third-order valence-electron chi connectivity index (χ3n) is 2.25. The van der Waals surface area contributed by atoms with E-state index < -0.39 is 0 Å². The molecule has 0 radical (unpaired) electrons. The summed E-state index contributed by atoms with van der Waals surface area (Å²) in [5, 5.41) is 7.14. The molecular weight excluding hydrogens is 160 g/mol. The van der Waals surface area contributed by atoms with E-state index in [4.69, 9.17) is 0 Å². The maximum absolute atomic E-state index is 4.18. The molecule has 70 valence electrons. The molecule has 0 saturated carbocycles. The van der Waals surface area contributed by atoms with Gasteiger partial charge in [0, 0.05) is 5.69 Å². The van der Waals surface area contributed by atoms with Gasteiger partial charge in [0.15, 0.2) is 0 Å². The van der Waals surface area contributed by atoms with Crippen molar-refractivity contribution in [1.29, 1.82) is 0 Å². The molecule has 1 aromatic heterocycles. The highest BCUT2D eigenvalue weighted by molar-refractivity contribution is 5.52. The Morgan fingerprint density at radius 2 is 2.08 bits per heavy atom. The molecule has 0 aliphatic heterocycles. The molecule has 0 amide bonds. The van der Waals surface area contributed by atoms with Crippen LogP contribution in [0.5, 0.6) is 0 Å². The van der Waals surface area contributed by atoms with Crippen LogP contribution >= 0.6 is 0 Å². The fourth-order valence-corrected chi connectivity index (χ4v) is 0.973. The minimum absolute atomic E-state index is 1.03. The quantitative estimate of drug-likeness (QED) is 0.689. The van der Waals surface area contributed by atoms with Crippen molar-refractivity contribution in [2.75, 3.05) is 0 Å². The first-order valence-electron chi connectivity index (χ1n) is 4.47. The number of nitrogens with zero attached hydrogens (tertiary/aromatic N) is 1. The molecule has 0 aliphatic rings. The van der Waals surface area contributed by atoms with E-state index in [9.17, 15) is 0 Å². The maximum atomic E-state index is 4.18. The fraction of sp³-hybridized carbons (Fsp3) is 0.364. The zero-order valence-electron chi connectivity index (χ0n) is 8.68. The van der Waals surface area contributed by atoms with E-state index in [2.05, 4.69) is 36.2 Å². The first-order chi connectivity index (χ1) is 6.15. The second kappa shape index (κ2) is 4.08. The lowest BCUT2D eigenvalue weighted by Crippen LogP contribution is -1.76. The SMILES string of the molecule is CC=C(C)C=Cc1n[nH]c(C)c1C. The van der Waals surface area contributed by atoms with Gasteiger partial charge in [0.05, 0.1) is 5.69 Å². The molecular formula is C11H16N2. The van der Waals surface area contributed by atoms with Crippen LogP contribution in [0, 0.1) is 13.8 Å². The molecule has 0 bridgehead atoms. The lowest BCUT2D eigenvalue weighted by molar-refractivity contribution is 1.04. The number of allylic oxidation sites excluding steroid dienone is 3. The molecule has 2 heteroatoms. The minimum atomic E-state index is 1.03. The summed E-state index contributed by atoms with van der Waals surface area (Å²) in [4.78, 5) is 0. The van der Waals surface area contributed by atoms with Crippen molar-refractivity contribution in [1.82, 2.24) is 10.2 Å². The van der Waals surface area contributed by atoms with Crippen molar-refractivity contribution in [2.45, 2.75) is 27.7 Å². The summed E-state index contributed by atoms with van der Waals surface area (Å²) in [6, 6.07) is 0. The van der Waals surface area contributed by atoms with Crippen LogP contribution in [-0.4, -0.2) is 10.2 Å². The number of H-pyrrole nitrogens is 1. The number of aromatic nitrogens is 2. The van der Waals surface area contributed by atoms with Crippen LogP contribution in [0.3, 0.4) is 0 Å². The topological polar surface area (TPSA) is 28.7 Å². The van der Waals surface area contributed by atoms with Crippen LogP contribution in [0.4, 0.5) is 0 Å². The van der Waals surface area contributed by atoms with Gasteiger partial charge in [-0.3, -0.25) is 5.10 Å². The van der Waals surface area contributed by atoms with Gasteiger partial charge in [0.2, 0.25) is 0 Å². The number of hydrogen-bond acceptors (Lipinski definition) is 1. The molecule has 0 aliphatic carbocycles. The molecule has 0 aromatic carbocycles. The van der Waals surface area contributed by atoms with Gasteiger partial charge in [-0.2, -0.15) is 5.10 Å². The Bertz CT molecular complexity index is 343. The van der Waals surface area contributed by atoms with Gasteiger partial charge in [-0.15, -0.1) is 0 Å². The first-order valence-corrected chi connectivity index (χ1v) is 4.47. The van der Waals surface area contributed by atoms with Gasteiger partial charge in [-0.1, -0.05) is 17.7 Å². The number of aromatic amines is 1. The zero-order valence-corrected chi connectivity index (χ0v) is 8.68. The summed E-state index contributed by atoms with van der Waals surface area (Å²) in [5.74, 6) is 0. The van der Waals surface area contributed by atoms with Crippen LogP contribution in [-0.2, 0) is 0 Å². The second-order valence-electron chi connectivity index (χ2n) is 3.22. The number of hydrogen-bond donors (Lipinski definition) is 1. The standard InChI is InChI=1S/C11H16N2/c1-5-8(2)6-7-11-9(3)10(4)12-13-11/h5-7H,1-4H3,(H,12,13). The number of nitrogens with one attached hydrogen (secondary N) is 1. The average Bonchev–Trinajstić information content (AvgIpc) is 2.44. The molecule has 0 saturated heterocycles. The molecule has 1 rings (SSSR count). The summed E-state index contributed by atoms with van der Waals surface area (Å²) in [7, 11) is 0. The molecule has 1 heterocycles. The van der Waals surface area contributed by atoms with Crippen molar-refractivity contribution in [3.05, 3.63) is 34.7 Å². The van der Waals surface area contributed by atoms with Gasteiger partial charge in [-0.05, 0) is 39.3 Å². The summed E-state index contributed by atoms with van der Waals surface area (Å²) < 4.78 is 0. The van der Waals surface area contributed by atoms with Gasteiger partial charge in [0.25, 0.3) is 0 Å². The zero-order chi connectivity index (χ0) is 9.84. The molecule has 0 fully saturated rings. The van der Waals surface area contributed by atoms with Crippen molar-refractivity contribution in [2.24, 2.45) is 0 Å². The summed E-state index contributed by atoms with van der Waals surface area (Å²) in [5.41, 5.74) is 4.64. The number of rotatable bonds is 2. The third kappa shape index (κ3) is 2.31. The monoisotopic (exact) mass is 176 g/mol. The Morgan fingerprint density at radius 3 is 2.54 bits per heavy atom. The Hall–Kier alpha value is -1.31. The Balaban J connectivity index is 2.86. The Kier molecular flexibility index (Phi) is 3.07. The Labute approximate surface area is 79.4 Å². The van der Waals surface area contributed by atoms with Crippen LogP contribution < -0.4 is 0 Å². The lowest BCUT2D eigenvalue weighted by atomic mass is 10.2. The van der Waals surface area contributed by atoms with Crippen molar-refractivity contribution >= 4 is 6.08 Å². The van der Waals surface area contributed by atoms with E-state index >= 15 is 0 Å². The predicted octanol–water partition coefficient (Wildman–Crippen LogP) is 3.01. The Morgan fingerprint density at radius 1 is 1.38 bits per heavy atom. The van der Waals surface area contributed by atoms with Crippen molar-refractivity contribution < 1.29 is 0 Å². The van der Waals surface area contributed by atoms with Crippen LogP contribution in [0.2, 0.25) is 0 Å². The molecule has 1 N–H and O–H groups in total. The smallest absolute Gasteiger partial charge is 0.0880 e. The molecule has 1 aromatic rings. The summed E-state index contributed by atoms with van der Waals surface area (Å²) in [6.07, 6.45) is 6.18. The predicted molar refractivity (Wildman–Crippen MR) is 56.5 cm³/mol. The second-order valence-corrected chi connectivity index (χ2v) is 3.22. The van der Waals surface area contributed by atoms with Gasteiger partial charge >= 0.3 is 0 Å².